The molecule has 0 aliphatic rings. The van der Waals surface area contributed by atoms with Crippen molar-refractivity contribution in [2.24, 2.45) is 0 Å². The molecule has 1 aromatic carbocycles. The van der Waals surface area contributed by atoms with E-state index in [1.807, 2.05) is 31.2 Å². The number of pyridine rings is 1. The number of nitrogens with one attached hydrogen (secondary N) is 1. The largest absolute Gasteiger partial charge is 0.494 e. The molecule has 1 unspecified atom stereocenters. The van der Waals surface area contributed by atoms with Crippen molar-refractivity contribution < 1.29 is 4.74 Å². The Morgan fingerprint density at radius 1 is 1.32 bits per heavy atom. The fourth-order valence-corrected chi connectivity index (χ4v) is 2.08. The molecule has 0 fully saturated rings. The third-order valence-electron chi connectivity index (χ3n) is 2.83. The molecule has 19 heavy (non-hydrogen) atoms. The summed E-state index contributed by atoms with van der Waals surface area (Å²) in [7, 11) is 0. The van der Waals surface area contributed by atoms with Crippen LogP contribution in [-0.2, 0) is 0 Å². The smallest absolute Gasteiger partial charge is 0.124 e. The summed E-state index contributed by atoms with van der Waals surface area (Å²) in [5.41, 5.74) is 1.92. The van der Waals surface area contributed by atoms with E-state index in [1.54, 1.807) is 18.5 Å². The Kier molecular flexibility index (Phi) is 4.63. The second-order valence-electron chi connectivity index (χ2n) is 4.19. The third-order valence-corrected chi connectivity index (χ3v) is 3.15. The number of benzene rings is 1. The van der Waals surface area contributed by atoms with E-state index in [0.29, 0.717) is 11.6 Å². The number of ether oxygens (including phenoxy) is 1. The van der Waals surface area contributed by atoms with E-state index < -0.39 is 0 Å². The van der Waals surface area contributed by atoms with Crippen LogP contribution in [0.15, 0.2) is 42.7 Å². The zero-order valence-corrected chi connectivity index (χ0v) is 11.8. The molecule has 0 bridgehead atoms. The molecule has 0 spiro atoms. The van der Waals surface area contributed by atoms with E-state index in [2.05, 4.69) is 17.2 Å². The van der Waals surface area contributed by atoms with Crippen molar-refractivity contribution in [2.45, 2.75) is 19.9 Å². The molecular formula is C15H17ClN2O. The molecule has 0 saturated carbocycles. The molecule has 0 saturated heterocycles. The van der Waals surface area contributed by atoms with E-state index in [9.17, 15) is 0 Å². The van der Waals surface area contributed by atoms with E-state index >= 15 is 0 Å². The summed E-state index contributed by atoms with van der Waals surface area (Å²) < 4.78 is 5.64. The molecule has 0 aliphatic heterocycles. The van der Waals surface area contributed by atoms with E-state index in [-0.39, 0.29) is 6.04 Å². The molecule has 1 atom stereocenters. The molecule has 1 heterocycles. The molecule has 0 amide bonds. The summed E-state index contributed by atoms with van der Waals surface area (Å²) in [5, 5.41) is 4.01. The van der Waals surface area contributed by atoms with Gasteiger partial charge in [0.15, 0.2) is 0 Å². The van der Waals surface area contributed by atoms with E-state index in [1.165, 1.54) is 0 Å². The first-order chi connectivity index (χ1) is 9.22. The van der Waals surface area contributed by atoms with Gasteiger partial charge >= 0.3 is 0 Å². The molecular weight excluding hydrogens is 260 g/mol. The van der Waals surface area contributed by atoms with Gasteiger partial charge in [0.1, 0.15) is 5.75 Å². The first kappa shape index (κ1) is 13.7. The van der Waals surface area contributed by atoms with Gasteiger partial charge in [-0.1, -0.05) is 29.8 Å². The van der Waals surface area contributed by atoms with Crippen LogP contribution in [-0.4, -0.2) is 11.6 Å². The maximum Gasteiger partial charge on any atom is 0.124 e. The van der Waals surface area contributed by atoms with Gasteiger partial charge in [0.2, 0.25) is 0 Å². The Labute approximate surface area is 118 Å². The van der Waals surface area contributed by atoms with Crippen molar-refractivity contribution in [1.82, 2.24) is 4.98 Å². The number of anilines is 1. The first-order valence-corrected chi connectivity index (χ1v) is 6.68. The van der Waals surface area contributed by atoms with Crippen LogP contribution in [0.5, 0.6) is 5.75 Å². The van der Waals surface area contributed by atoms with Crippen LogP contribution in [0.1, 0.15) is 25.5 Å². The number of hydrogen-bond donors (Lipinski definition) is 1. The van der Waals surface area contributed by atoms with Gasteiger partial charge in [-0.3, -0.25) is 4.98 Å². The number of hydrogen-bond acceptors (Lipinski definition) is 3. The zero-order chi connectivity index (χ0) is 13.7. The monoisotopic (exact) mass is 276 g/mol. The highest BCUT2D eigenvalue weighted by molar-refractivity contribution is 6.33. The van der Waals surface area contributed by atoms with Gasteiger partial charge in [0.05, 0.1) is 29.6 Å². The minimum Gasteiger partial charge on any atom is -0.494 e. The van der Waals surface area contributed by atoms with Crippen LogP contribution in [0.3, 0.4) is 0 Å². The summed E-state index contributed by atoms with van der Waals surface area (Å²) in [6.45, 7) is 4.70. The number of nitrogens with zero attached hydrogens (tertiary/aromatic N) is 1. The van der Waals surface area contributed by atoms with Gasteiger partial charge in [0, 0.05) is 11.8 Å². The lowest BCUT2D eigenvalue weighted by atomic mass is 10.1. The topological polar surface area (TPSA) is 34.1 Å². The Morgan fingerprint density at radius 2 is 2.11 bits per heavy atom. The second-order valence-corrected chi connectivity index (χ2v) is 4.60. The van der Waals surface area contributed by atoms with Crippen molar-refractivity contribution in [3.05, 3.63) is 53.3 Å². The van der Waals surface area contributed by atoms with E-state index in [0.717, 1.165) is 17.0 Å². The van der Waals surface area contributed by atoms with Crippen LogP contribution in [0.4, 0.5) is 5.69 Å². The van der Waals surface area contributed by atoms with Gasteiger partial charge in [-0.2, -0.15) is 0 Å². The summed E-state index contributed by atoms with van der Waals surface area (Å²) in [6, 6.07) is 9.85. The van der Waals surface area contributed by atoms with Crippen LogP contribution >= 0.6 is 11.6 Å². The highest BCUT2D eigenvalue weighted by Gasteiger charge is 2.12. The highest BCUT2D eigenvalue weighted by atomic mass is 35.5. The number of aromatic nitrogens is 1. The van der Waals surface area contributed by atoms with Crippen LogP contribution < -0.4 is 10.1 Å². The lowest BCUT2D eigenvalue weighted by Crippen LogP contribution is -2.09. The van der Waals surface area contributed by atoms with E-state index in [4.69, 9.17) is 16.3 Å². The predicted octanol–water partition coefficient (Wildman–Crippen LogP) is 4.31. The van der Waals surface area contributed by atoms with Crippen LogP contribution in [0, 0.1) is 0 Å². The van der Waals surface area contributed by atoms with Crippen molar-refractivity contribution in [3.63, 3.8) is 0 Å². The number of para-hydroxylation sites is 1. The second kappa shape index (κ2) is 6.43. The van der Waals surface area contributed by atoms with Crippen molar-refractivity contribution >= 4 is 17.3 Å². The third kappa shape index (κ3) is 3.38. The SMILES string of the molecule is CCOc1ccccc1C(C)Nc1cnccc1Cl. The summed E-state index contributed by atoms with van der Waals surface area (Å²) in [6.07, 6.45) is 3.40. The van der Waals surface area contributed by atoms with Crippen LogP contribution in [0.25, 0.3) is 0 Å². The first-order valence-electron chi connectivity index (χ1n) is 6.30. The molecule has 100 valence electrons. The van der Waals surface area contributed by atoms with Gasteiger partial charge in [0.25, 0.3) is 0 Å². The van der Waals surface area contributed by atoms with Crippen LogP contribution in [0.2, 0.25) is 5.02 Å². The minimum absolute atomic E-state index is 0.0875. The van der Waals surface area contributed by atoms with Gasteiger partial charge < -0.3 is 10.1 Å². The maximum absolute atomic E-state index is 6.12. The Hall–Kier alpha value is -1.74. The van der Waals surface area contributed by atoms with Crippen molar-refractivity contribution in [2.75, 3.05) is 11.9 Å². The molecule has 0 radical (unpaired) electrons. The average Bonchev–Trinajstić information content (AvgIpc) is 2.42. The number of halogens is 1. The lowest BCUT2D eigenvalue weighted by Gasteiger charge is -2.19. The molecule has 4 heteroatoms. The normalized spacial score (nSPS) is 11.9. The lowest BCUT2D eigenvalue weighted by molar-refractivity contribution is 0.335. The van der Waals surface area contributed by atoms with Gasteiger partial charge in [-0.05, 0) is 26.0 Å². The maximum atomic E-state index is 6.12. The Morgan fingerprint density at radius 3 is 2.84 bits per heavy atom. The molecule has 0 aliphatic carbocycles. The molecule has 2 aromatic rings. The quantitative estimate of drug-likeness (QED) is 0.884. The standard InChI is InChI=1S/C15H17ClN2O/c1-3-19-15-7-5-4-6-12(15)11(2)18-14-10-17-9-8-13(14)16/h4-11,18H,3H2,1-2H3. The van der Waals surface area contributed by atoms with Gasteiger partial charge in [-0.25, -0.2) is 0 Å². The fourth-order valence-electron chi connectivity index (χ4n) is 1.92. The highest BCUT2D eigenvalue weighted by Crippen LogP contribution is 2.29. The van der Waals surface area contributed by atoms with Crippen molar-refractivity contribution in [1.29, 1.82) is 0 Å². The molecule has 1 N–H and O–H groups in total. The minimum atomic E-state index is 0.0875. The Balaban J connectivity index is 2.20. The predicted molar refractivity (Wildman–Crippen MR) is 78.9 cm³/mol. The molecule has 1 aromatic heterocycles. The van der Waals surface area contributed by atoms with Gasteiger partial charge in [-0.15, -0.1) is 0 Å². The zero-order valence-electron chi connectivity index (χ0n) is 11.1. The number of rotatable bonds is 5. The molecule has 3 nitrogen and oxygen atoms in total. The summed E-state index contributed by atoms with van der Waals surface area (Å²) in [4.78, 5) is 4.07. The fraction of sp³-hybridized carbons (Fsp3) is 0.267. The summed E-state index contributed by atoms with van der Waals surface area (Å²) >= 11 is 6.12. The average molecular weight is 277 g/mol. The molecule has 2 rings (SSSR count). The summed E-state index contributed by atoms with van der Waals surface area (Å²) in [5.74, 6) is 0.894. The van der Waals surface area contributed by atoms with Crippen molar-refractivity contribution in [3.8, 4) is 5.75 Å². The Bertz CT molecular complexity index is 545.